The molecule has 0 radical (unpaired) electrons. The van der Waals surface area contributed by atoms with Crippen LogP contribution < -0.4 is 10.2 Å². The van der Waals surface area contributed by atoms with Gasteiger partial charge in [-0.05, 0) is 18.2 Å². The highest BCUT2D eigenvalue weighted by molar-refractivity contribution is 9.10. The van der Waals surface area contributed by atoms with Crippen LogP contribution in [-0.2, 0) is 15.8 Å². The summed E-state index contributed by atoms with van der Waals surface area (Å²) in [6, 6.07) is 3.55. The molecular formula is C12H10BrF3N2O2. The summed E-state index contributed by atoms with van der Waals surface area (Å²) < 4.78 is 38.4. The Morgan fingerprint density at radius 1 is 1.25 bits per heavy atom. The molecule has 0 saturated carbocycles. The zero-order chi connectivity index (χ0) is 14.9. The van der Waals surface area contributed by atoms with Crippen molar-refractivity contribution in [1.29, 1.82) is 0 Å². The van der Waals surface area contributed by atoms with E-state index in [9.17, 15) is 22.8 Å². The highest BCUT2D eigenvalue weighted by Gasteiger charge is 2.34. The van der Waals surface area contributed by atoms with Gasteiger partial charge >= 0.3 is 6.18 Å². The Kier molecular flexibility index (Phi) is 4.03. The first kappa shape index (κ1) is 14.8. The van der Waals surface area contributed by atoms with Crippen molar-refractivity contribution in [2.45, 2.75) is 12.6 Å². The number of nitrogens with zero attached hydrogens (tertiary/aromatic N) is 1. The van der Waals surface area contributed by atoms with Crippen molar-refractivity contribution in [2.75, 3.05) is 18.0 Å². The molecule has 0 bridgehead atoms. The van der Waals surface area contributed by atoms with Crippen molar-refractivity contribution in [2.24, 2.45) is 0 Å². The van der Waals surface area contributed by atoms with E-state index in [4.69, 9.17) is 0 Å². The first-order valence-electron chi connectivity index (χ1n) is 5.73. The molecule has 8 heteroatoms. The van der Waals surface area contributed by atoms with Gasteiger partial charge in [0, 0.05) is 23.1 Å². The zero-order valence-electron chi connectivity index (χ0n) is 10.1. The lowest BCUT2D eigenvalue weighted by Crippen LogP contribution is -2.35. The average molecular weight is 351 g/mol. The van der Waals surface area contributed by atoms with Crippen LogP contribution in [0.1, 0.15) is 12.0 Å². The van der Waals surface area contributed by atoms with Gasteiger partial charge in [-0.1, -0.05) is 15.9 Å². The lowest BCUT2D eigenvalue weighted by molar-refractivity contribution is -0.138. The van der Waals surface area contributed by atoms with Crippen molar-refractivity contribution < 1.29 is 22.8 Å². The van der Waals surface area contributed by atoms with E-state index in [1.165, 1.54) is 17.0 Å². The van der Waals surface area contributed by atoms with E-state index in [1.54, 1.807) is 0 Å². The Morgan fingerprint density at radius 2 is 1.95 bits per heavy atom. The van der Waals surface area contributed by atoms with Crippen LogP contribution in [0.2, 0.25) is 0 Å². The maximum absolute atomic E-state index is 12.8. The molecular weight excluding hydrogens is 341 g/mol. The monoisotopic (exact) mass is 350 g/mol. The van der Waals surface area contributed by atoms with Gasteiger partial charge in [-0.15, -0.1) is 0 Å². The fourth-order valence-corrected chi connectivity index (χ4v) is 2.34. The summed E-state index contributed by atoms with van der Waals surface area (Å²) in [6.45, 7) is -0.153. The minimum Gasteiger partial charge on any atom is -0.347 e. The standard InChI is InChI=1S/C12H10BrF3N2O2/c13-9-2-1-7(5-8(9)12(14,15)16)18-4-3-10(19)17-6-11(18)20/h1-2,5H,3-4,6H2,(H,17,19). The second-order valence-electron chi connectivity index (χ2n) is 4.23. The normalized spacial score (nSPS) is 16.9. The summed E-state index contributed by atoms with van der Waals surface area (Å²) in [5.74, 6) is -0.736. The third kappa shape index (κ3) is 3.12. The molecule has 108 valence electrons. The van der Waals surface area contributed by atoms with E-state index in [-0.39, 0.29) is 35.6 Å². The van der Waals surface area contributed by atoms with Crippen molar-refractivity contribution >= 4 is 33.4 Å². The molecule has 4 nitrogen and oxygen atoms in total. The lowest BCUT2D eigenvalue weighted by Gasteiger charge is -2.21. The van der Waals surface area contributed by atoms with Gasteiger partial charge in [0.05, 0.1) is 12.1 Å². The van der Waals surface area contributed by atoms with Crippen LogP contribution in [0, 0.1) is 0 Å². The summed E-state index contributed by atoms with van der Waals surface area (Å²) in [4.78, 5) is 24.2. The molecule has 1 saturated heterocycles. The van der Waals surface area contributed by atoms with Gasteiger partial charge in [0.25, 0.3) is 0 Å². The van der Waals surface area contributed by atoms with Gasteiger partial charge in [0.15, 0.2) is 0 Å². The second-order valence-corrected chi connectivity index (χ2v) is 5.09. The molecule has 20 heavy (non-hydrogen) atoms. The molecule has 1 aromatic carbocycles. The number of halogens is 4. The minimum atomic E-state index is -4.52. The number of anilines is 1. The SMILES string of the molecule is O=C1CCN(c2ccc(Br)c(C(F)(F)F)c2)C(=O)CN1. The third-order valence-electron chi connectivity index (χ3n) is 2.87. The van der Waals surface area contributed by atoms with Crippen LogP contribution in [0.3, 0.4) is 0 Å². The maximum Gasteiger partial charge on any atom is 0.417 e. The Morgan fingerprint density at radius 3 is 2.60 bits per heavy atom. The Bertz CT molecular complexity index is 560. The summed E-state index contributed by atoms with van der Waals surface area (Å²) in [5, 5.41) is 2.39. The number of amides is 2. The van der Waals surface area contributed by atoms with Crippen LogP contribution in [0.25, 0.3) is 0 Å². The minimum absolute atomic E-state index is 0.0587. The predicted molar refractivity (Wildman–Crippen MR) is 69.1 cm³/mol. The maximum atomic E-state index is 12.8. The highest BCUT2D eigenvalue weighted by atomic mass is 79.9. The number of alkyl halides is 3. The molecule has 2 rings (SSSR count). The van der Waals surface area contributed by atoms with Crippen LogP contribution in [-0.4, -0.2) is 24.9 Å². The zero-order valence-corrected chi connectivity index (χ0v) is 11.7. The van der Waals surface area contributed by atoms with E-state index in [0.29, 0.717) is 0 Å². The number of hydrogen-bond donors (Lipinski definition) is 1. The van der Waals surface area contributed by atoms with Gasteiger partial charge in [0.2, 0.25) is 11.8 Å². The van der Waals surface area contributed by atoms with Gasteiger partial charge in [0.1, 0.15) is 0 Å². The first-order chi connectivity index (χ1) is 9.29. The third-order valence-corrected chi connectivity index (χ3v) is 3.56. The summed E-state index contributed by atoms with van der Waals surface area (Å²) in [5.41, 5.74) is -0.728. The van der Waals surface area contributed by atoms with E-state index in [0.717, 1.165) is 6.07 Å². The molecule has 1 aliphatic rings. The summed E-state index contributed by atoms with van der Waals surface area (Å²) >= 11 is 2.84. The van der Waals surface area contributed by atoms with E-state index in [1.807, 2.05) is 0 Å². The smallest absolute Gasteiger partial charge is 0.347 e. The number of benzene rings is 1. The van der Waals surface area contributed by atoms with Gasteiger partial charge < -0.3 is 10.2 Å². The highest BCUT2D eigenvalue weighted by Crippen LogP contribution is 2.37. The predicted octanol–water partition coefficient (Wildman–Crippen LogP) is 2.32. The lowest BCUT2D eigenvalue weighted by atomic mass is 10.1. The molecule has 0 unspecified atom stereocenters. The van der Waals surface area contributed by atoms with Crippen molar-refractivity contribution in [1.82, 2.24) is 5.32 Å². The number of nitrogens with one attached hydrogen (secondary N) is 1. The summed E-state index contributed by atoms with van der Waals surface area (Å²) in [6.07, 6.45) is -4.46. The van der Waals surface area contributed by atoms with Crippen molar-refractivity contribution in [3.8, 4) is 0 Å². The molecule has 0 aromatic heterocycles. The molecule has 0 aliphatic carbocycles. The first-order valence-corrected chi connectivity index (χ1v) is 6.52. The fraction of sp³-hybridized carbons (Fsp3) is 0.333. The van der Waals surface area contributed by atoms with E-state index >= 15 is 0 Å². The molecule has 1 fully saturated rings. The van der Waals surface area contributed by atoms with Crippen molar-refractivity contribution in [3.05, 3.63) is 28.2 Å². The van der Waals surface area contributed by atoms with Gasteiger partial charge in [-0.3, -0.25) is 9.59 Å². The Hall–Kier alpha value is -1.57. The Balaban J connectivity index is 2.37. The van der Waals surface area contributed by atoms with Crippen LogP contribution >= 0.6 is 15.9 Å². The quantitative estimate of drug-likeness (QED) is 0.844. The largest absolute Gasteiger partial charge is 0.417 e. The number of carbonyl (C=O) groups is 2. The molecule has 1 aromatic rings. The second kappa shape index (κ2) is 5.43. The fourth-order valence-electron chi connectivity index (χ4n) is 1.87. The van der Waals surface area contributed by atoms with Gasteiger partial charge in [-0.2, -0.15) is 13.2 Å². The number of hydrogen-bond acceptors (Lipinski definition) is 2. The number of rotatable bonds is 1. The number of carbonyl (C=O) groups excluding carboxylic acids is 2. The van der Waals surface area contributed by atoms with E-state index in [2.05, 4.69) is 21.2 Å². The molecule has 0 spiro atoms. The van der Waals surface area contributed by atoms with Crippen LogP contribution in [0.15, 0.2) is 22.7 Å². The topological polar surface area (TPSA) is 49.4 Å². The average Bonchev–Trinajstić information content (AvgIpc) is 2.52. The molecule has 1 heterocycles. The Labute approximate surface area is 121 Å². The van der Waals surface area contributed by atoms with E-state index < -0.39 is 17.6 Å². The summed E-state index contributed by atoms with van der Waals surface area (Å²) in [7, 11) is 0. The molecule has 2 amide bonds. The molecule has 1 aliphatic heterocycles. The van der Waals surface area contributed by atoms with Gasteiger partial charge in [-0.25, -0.2) is 0 Å². The molecule has 1 N–H and O–H groups in total. The van der Waals surface area contributed by atoms with Crippen LogP contribution in [0.4, 0.5) is 18.9 Å². The van der Waals surface area contributed by atoms with Crippen molar-refractivity contribution in [3.63, 3.8) is 0 Å². The van der Waals surface area contributed by atoms with Crippen LogP contribution in [0.5, 0.6) is 0 Å². The molecule has 0 atom stereocenters.